The molecule has 0 aliphatic carbocycles. The Morgan fingerprint density at radius 1 is 0.500 bits per heavy atom. The standard InChI is InChI=1S/C4H10O2.4C2H4/c5-3-1-2-4-6;4*1-2/h5-6H,1-4H2;4*1-2H2. The van der Waals surface area contributed by atoms with E-state index in [0.29, 0.717) is 0 Å². The van der Waals surface area contributed by atoms with Crippen molar-refractivity contribution in [1.82, 2.24) is 0 Å². The average Bonchev–Trinajstić information content (AvgIpc) is 2.36. The summed E-state index contributed by atoms with van der Waals surface area (Å²) < 4.78 is 0. The molecular weight excluding hydrogens is 176 g/mol. The Morgan fingerprint density at radius 3 is 0.714 bits per heavy atom. The lowest BCUT2D eigenvalue weighted by atomic mass is 10.3. The SMILES string of the molecule is C=C.C=C.C=C.C=C.OCCCCO. The van der Waals surface area contributed by atoms with Crippen molar-refractivity contribution >= 4 is 0 Å². The third kappa shape index (κ3) is 300. The van der Waals surface area contributed by atoms with Crippen molar-refractivity contribution in [2.24, 2.45) is 0 Å². The van der Waals surface area contributed by atoms with Gasteiger partial charge in [-0.2, -0.15) is 0 Å². The molecule has 0 atom stereocenters. The maximum absolute atomic E-state index is 8.09. The highest BCUT2D eigenvalue weighted by molar-refractivity contribution is 4.30. The zero-order chi connectivity index (χ0) is 12.8. The highest BCUT2D eigenvalue weighted by Gasteiger charge is 1.77. The Bertz CT molecular complexity index is 44.3. The van der Waals surface area contributed by atoms with Gasteiger partial charge in [0.05, 0.1) is 0 Å². The molecule has 0 radical (unpaired) electrons. The molecule has 0 spiro atoms. The smallest absolute Gasteiger partial charge is 0.0431 e. The molecule has 0 aromatic heterocycles. The first kappa shape index (κ1) is 29.3. The van der Waals surface area contributed by atoms with Crippen molar-refractivity contribution in [3.63, 3.8) is 0 Å². The summed E-state index contributed by atoms with van der Waals surface area (Å²) in [6.07, 6.45) is 1.44. The van der Waals surface area contributed by atoms with E-state index in [2.05, 4.69) is 52.6 Å². The lowest BCUT2D eigenvalue weighted by molar-refractivity contribution is 0.242. The van der Waals surface area contributed by atoms with Crippen LogP contribution in [0.5, 0.6) is 0 Å². The van der Waals surface area contributed by atoms with Gasteiger partial charge < -0.3 is 10.2 Å². The fourth-order valence-electron chi connectivity index (χ4n) is 0.224. The van der Waals surface area contributed by atoms with Crippen LogP contribution >= 0.6 is 0 Å². The predicted molar refractivity (Wildman–Crippen MR) is 68.4 cm³/mol. The maximum atomic E-state index is 8.09. The fraction of sp³-hybridized carbons (Fsp3) is 0.333. The first-order valence-electron chi connectivity index (χ1n) is 4.13. The molecule has 0 aromatic rings. The largest absolute Gasteiger partial charge is 0.396 e. The van der Waals surface area contributed by atoms with Crippen molar-refractivity contribution in [3.8, 4) is 0 Å². The molecule has 14 heavy (non-hydrogen) atoms. The lowest BCUT2D eigenvalue weighted by Gasteiger charge is -1.85. The second-order valence-electron chi connectivity index (χ2n) is 1.15. The number of hydrogen-bond acceptors (Lipinski definition) is 2. The second-order valence-corrected chi connectivity index (χ2v) is 1.15. The molecule has 0 saturated heterocycles. The minimum Gasteiger partial charge on any atom is -0.396 e. The third-order valence-corrected chi connectivity index (χ3v) is 0.566. The van der Waals surface area contributed by atoms with E-state index in [1.54, 1.807) is 0 Å². The van der Waals surface area contributed by atoms with Crippen molar-refractivity contribution in [2.75, 3.05) is 13.2 Å². The van der Waals surface area contributed by atoms with Crippen LogP contribution in [0.2, 0.25) is 0 Å². The Balaban J connectivity index is -0.0000000287. The van der Waals surface area contributed by atoms with Gasteiger partial charge >= 0.3 is 0 Å². The molecule has 0 saturated carbocycles. The van der Waals surface area contributed by atoms with E-state index in [4.69, 9.17) is 10.2 Å². The lowest BCUT2D eigenvalue weighted by Crippen LogP contribution is -1.85. The first-order chi connectivity index (χ1) is 6.91. The third-order valence-electron chi connectivity index (χ3n) is 0.566. The van der Waals surface area contributed by atoms with E-state index in [0.717, 1.165) is 12.8 Å². The molecule has 0 aliphatic rings. The minimum absolute atomic E-state index is 0.195. The molecule has 2 heteroatoms. The molecule has 0 unspecified atom stereocenters. The Morgan fingerprint density at radius 2 is 0.643 bits per heavy atom. The molecule has 2 nitrogen and oxygen atoms in total. The first-order valence-corrected chi connectivity index (χ1v) is 4.13. The van der Waals surface area contributed by atoms with E-state index in [9.17, 15) is 0 Å². The molecule has 0 aromatic carbocycles. The minimum atomic E-state index is 0.195. The van der Waals surface area contributed by atoms with E-state index in [-0.39, 0.29) is 13.2 Å². The summed E-state index contributed by atoms with van der Waals surface area (Å²) in [5.41, 5.74) is 0. The quantitative estimate of drug-likeness (QED) is 0.545. The summed E-state index contributed by atoms with van der Waals surface area (Å²) >= 11 is 0. The van der Waals surface area contributed by atoms with Crippen LogP contribution in [-0.2, 0) is 0 Å². The van der Waals surface area contributed by atoms with Crippen LogP contribution in [0.15, 0.2) is 52.6 Å². The fourth-order valence-corrected chi connectivity index (χ4v) is 0.224. The number of rotatable bonds is 3. The van der Waals surface area contributed by atoms with E-state index in [1.165, 1.54) is 0 Å². The molecule has 2 N–H and O–H groups in total. The molecule has 0 rings (SSSR count). The number of aliphatic hydroxyl groups is 2. The van der Waals surface area contributed by atoms with E-state index < -0.39 is 0 Å². The van der Waals surface area contributed by atoms with Gasteiger partial charge in [0.2, 0.25) is 0 Å². The molecule has 86 valence electrons. The van der Waals surface area contributed by atoms with Gasteiger partial charge in [0.15, 0.2) is 0 Å². The number of hydrogen-bond donors (Lipinski definition) is 2. The highest BCUT2D eigenvalue weighted by Crippen LogP contribution is 1.80. The van der Waals surface area contributed by atoms with Crippen LogP contribution in [0.3, 0.4) is 0 Å². The van der Waals surface area contributed by atoms with Crippen LogP contribution in [-0.4, -0.2) is 23.4 Å². The molecule has 0 fully saturated rings. The van der Waals surface area contributed by atoms with Crippen LogP contribution in [0.4, 0.5) is 0 Å². The van der Waals surface area contributed by atoms with Crippen LogP contribution in [0.1, 0.15) is 12.8 Å². The van der Waals surface area contributed by atoms with Gasteiger partial charge in [-0.1, -0.05) is 0 Å². The zero-order valence-electron chi connectivity index (χ0n) is 9.38. The monoisotopic (exact) mass is 202 g/mol. The topological polar surface area (TPSA) is 40.5 Å². The summed E-state index contributed by atoms with van der Waals surface area (Å²) in [7, 11) is 0. The normalized spacial score (nSPS) is 5.00. The van der Waals surface area contributed by atoms with Crippen molar-refractivity contribution in [1.29, 1.82) is 0 Å². The molecule has 0 heterocycles. The number of aliphatic hydroxyl groups excluding tert-OH is 2. The number of unbranched alkanes of at least 4 members (excludes halogenated alkanes) is 1. The highest BCUT2D eigenvalue weighted by atomic mass is 16.3. The van der Waals surface area contributed by atoms with E-state index in [1.807, 2.05) is 0 Å². The van der Waals surface area contributed by atoms with Gasteiger partial charge in [-0.25, -0.2) is 0 Å². The summed E-state index contributed by atoms with van der Waals surface area (Å²) in [6, 6.07) is 0. The van der Waals surface area contributed by atoms with Crippen LogP contribution in [0, 0.1) is 0 Å². The molecule has 0 amide bonds. The molecular formula is C12H26O2. The Labute approximate surface area is 89.6 Å². The molecule has 0 aliphatic heterocycles. The van der Waals surface area contributed by atoms with Gasteiger partial charge in [0.25, 0.3) is 0 Å². The predicted octanol–water partition coefficient (Wildman–Crippen LogP) is 2.96. The van der Waals surface area contributed by atoms with Gasteiger partial charge in [-0.3, -0.25) is 0 Å². The summed E-state index contributed by atoms with van der Waals surface area (Å²) in [4.78, 5) is 0. The maximum Gasteiger partial charge on any atom is 0.0431 e. The van der Waals surface area contributed by atoms with Crippen LogP contribution in [0.25, 0.3) is 0 Å². The van der Waals surface area contributed by atoms with Gasteiger partial charge in [-0.05, 0) is 12.8 Å². The second kappa shape index (κ2) is 170. The van der Waals surface area contributed by atoms with Crippen molar-refractivity contribution in [2.45, 2.75) is 12.8 Å². The van der Waals surface area contributed by atoms with Crippen LogP contribution < -0.4 is 0 Å². The summed E-state index contributed by atoms with van der Waals surface area (Å²) in [5, 5.41) is 16.2. The van der Waals surface area contributed by atoms with E-state index >= 15 is 0 Å². The zero-order valence-corrected chi connectivity index (χ0v) is 9.38. The summed E-state index contributed by atoms with van der Waals surface area (Å²) in [5.74, 6) is 0. The molecule has 0 bridgehead atoms. The van der Waals surface area contributed by atoms with Crippen molar-refractivity contribution < 1.29 is 10.2 Å². The Hall–Kier alpha value is -1.12. The Kier molecular flexibility index (Phi) is 355. The van der Waals surface area contributed by atoms with Gasteiger partial charge in [-0.15, -0.1) is 52.6 Å². The van der Waals surface area contributed by atoms with Crippen molar-refractivity contribution in [3.05, 3.63) is 52.6 Å². The van der Waals surface area contributed by atoms with Gasteiger partial charge in [0, 0.05) is 13.2 Å². The van der Waals surface area contributed by atoms with Gasteiger partial charge in [0.1, 0.15) is 0 Å². The summed E-state index contributed by atoms with van der Waals surface area (Å²) in [6.45, 7) is 24.4. The average molecular weight is 202 g/mol.